The van der Waals surface area contributed by atoms with Gasteiger partial charge in [-0.2, -0.15) is 0 Å². The van der Waals surface area contributed by atoms with E-state index in [0.717, 1.165) is 22.3 Å². The molecule has 1 amide bonds. The number of nitrogens with zero attached hydrogens (tertiary/aromatic N) is 4. The second-order valence-corrected chi connectivity index (χ2v) is 7.78. The molecule has 0 unspecified atom stereocenters. The lowest BCUT2D eigenvalue weighted by Gasteiger charge is -2.19. The van der Waals surface area contributed by atoms with Crippen LogP contribution < -0.4 is 15.0 Å². The molecule has 2 heterocycles. The van der Waals surface area contributed by atoms with E-state index in [1.54, 1.807) is 13.1 Å². The lowest BCUT2D eigenvalue weighted by Crippen LogP contribution is -2.24. The average Bonchev–Trinajstić information content (AvgIpc) is 2.87. The number of anilines is 3. The van der Waals surface area contributed by atoms with Crippen molar-refractivity contribution < 1.29 is 14.6 Å². The Hall–Kier alpha value is -4.61. The summed E-state index contributed by atoms with van der Waals surface area (Å²) in [5.41, 5.74) is 3.06. The highest BCUT2D eigenvalue weighted by Crippen LogP contribution is 2.28. The van der Waals surface area contributed by atoms with E-state index in [2.05, 4.69) is 33.7 Å². The zero-order chi connectivity index (χ0) is 24.8. The van der Waals surface area contributed by atoms with Crippen LogP contribution in [0, 0.1) is 11.8 Å². The lowest BCUT2D eigenvalue weighted by atomic mass is 10.2. The number of benzene rings is 2. The fraction of sp³-hybridized carbons (Fsp3) is 0.148. The molecule has 0 atom stereocenters. The molecule has 0 bridgehead atoms. The summed E-state index contributed by atoms with van der Waals surface area (Å²) in [6.07, 6.45) is 7.39. The Morgan fingerprint density at radius 2 is 2.03 bits per heavy atom. The summed E-state index contributed by atoms with van der Waals surface area (Å²) in [6.45, 7) is 3.89. The number of aromatic nitrogens is 2. The minimum absolute atomic E-state index is 0.0816. The number of aliphatic hydroxyl groups excluding tert-OH is 1. The highest BCUT2D eigenvalue weighted by molar-refractivity contribution is 6.06. The van der Waals surface area contributed by atoms with Crippen molar-refractivity contribution in [3.05, 3.63) is 85.2 Å². The summed E-state index contributed by atoms with van der Waals surface area (Å²) in [5, 5.41) is 12.9. The van der Waals surface area contributed by atoms with E-state index in [1.165, 1.54) is 11.2 Å². The summed E-state index contributed by atoms with van der Waals surface area (Å²) in [6, 6.07) is 13.0. The van der Waals surface area contributed by atoms with Crippen LogP contribution >= 0.6 is 0 Å². The van der Waals surface area contributed by atoms with Gasteiger partial charge in [0.05, 0.1) is 12.1 Å². The number of aliphatic hydroxyl groups is 1. The number of fused-ring (bicyclic) bond motifs is 1. The Labute approximate surface area is 203 Å². The van der Waals surface area contributed by atoms with Gasteiger partial charge in [-0.15, -0.1) is 0 Å². The lowest BCUT2D eigenvalue weighted by molar-refractivity contribution is -0.113. The number of likely N-dealkylation sites (N-methyl/N-ethyl adjacent to an activating group) is 1. The van der Waals surface area contributed by atoms with Crippen molar-refractivity contribution in [1.29, 1.82) is 0 Å². The molecule has 1 aliphatic heterocycles. The first-order valence-electron chi connectivity index (χ1n) is 10.9. The van der Waals surface area contributed by atoms with Gasteiger partial charge >= 0.3 is 5.91 Å². The summed E-state index contributed by atoms with van der Waals surface area (Å²) < 4.78 is 5.92. The summed E-state index contributed by atoms with van der Waals surface area (Å²) in [4.78, 5) is 24.4. The van der Waals surface area contributed by atoms with Crippen LogP contribution in [0.5, 0.6) is 5.75 Å². The Bertz CT molecular complexity index is 1380. The first-order chi connectivity index (χ1) is 16.9. The van der Waals surface area contributed by atoms with Crippen molar-refractivity contribution in [3.63, 3.8) is 0 Å². The van der Waals surface area contributed by atoms with Gasteiger partial charge in [0.1, 0.15) is 23.7 Å². The van der Waals surface area contributed by atoms with Gasteiger partial charge < -0.3 is 25.0 Å². The van der Waals surface area contributed by atoms with Crippen LogP contribution in [0.15, 0.2) is 85.2 Å². The first kappa shape index (κ1) is 23.5. The number of ether oxygens (including phenoxy) is 1. The largest absolute Gasteiger partial charge is 0.457 e. The topological polar surface area (TPSA) is 90.8 Å². The molecule has 0 radical (unpaired) electrons. The second kappa shape index (κ2) is 10.5. The highest BCUT2D eigenvalue weighted by Gasteiger charge is 2.12. The van der Waals surface area contributed by atoms with Crippen molar-refractivity contribution in [3.8, 4) is 17.6 Å². The van der Waals surface area contributed by atoms with Gasteiger partial charge in [-0.1, -0.05) is 12.5 Å². The normalized spacial score (nSPS) is 12.6. The fourth-order valence-corrected chi connectivity index (χ4v) is 3.29. The monoisotopic (exact) mass is 467 g/mol. The van der Waals surface area contributed by atoms with E-state index in [9.17, 15) is 4.79 Å². The standard InChI is InChI=1S/C27H25N5O3/c1-19-16-23(13-14-31(19)2)35-22-10-7-20(8-11-22)30-27-24-17-21(9-12-25(24)28-18-29-27)32(3)26(34)6-4-5-15-33/h7-14,16-18,33H,1,5,15H2,2-3H3,(H,28,29,30). The molecule has 2 N–H and O–H groups in total. The smallest absolute Gasteiger partial charge is 0.302 e. The average molecular weight is 468 g/mol. The number of carbonyl (C=O) groups is 1. The highest BCUT2D eigenvalue weighted by atomic mass is 16.5. The Morgan fingerprint density at radius 1 is 1.23 bits per heavy atom. The van der Waals surface area contributed by atoms with Crippen molar-refractivity contribution in [2.45, 2.75) is 6.42 Å². The number of nitrogens with one attached hydrogen (secondary N) is 1. The fourth-order valence-electron chi connectivity index (χ4n) is 3.29. The van der Waals surface area contributed by atoms with E-state index in [0.29, 0.717) is 23.0 Å². The maximum atomic E-state index is 12.3. The predicted octanol–water partition coefficient (Wildman–Crippen LogP) is 3.96. The van der Waals surface area contributed by atoms with Crippen LogP contribution in [0.3, 0.4) is 0 Å². The van der Waals surface area contributed by atoms with Crippen LogP contribution in [0.25, 0.3) is 10.9 Å². The van der Waals surface area contributed by atoms with Crippen LogP contribution in [0.2, 0.25) is 0 Å². The number of allylic oxidation sites excluding steroid dienone is 2. The molecule has 8 heteroatoms. The number of amides is 1. The zero-order valence-electron chi connectivity index (χ0n) is 19.5. The predicted molar refractivity (Wildman–Crippen MR) is 137 cm³/mol. The first-order valence-corrected chi connectivity index (χ1v) is 10.9. The van der Waals surface area contributed by atoms with E-state index in [-0.39, 0.29) is 18.9 Å². The Morgan fingerprint density at radius 3 is 2.77 bits per heavy atom. The molecule has 0 saturated carbocycles. The molecule has 1 aliphatic rings. The molecule has 8 nitrogen and oxygen atoms in total. The van der Waals surface area contributed by atoms with Crippen molar-refractivity contribution in [1.82, 2.24) is 14.9 Å². The van der Waals surface area contributed by atoms with Crippen LogP contribution in [-0.4, -0.2) is 46.6 Å². The number of hydrogen-bond donors (Lipinski definition) is 2. The molecule has 4 rings (SSSR count). The summed E-state index contributed by atoms with van der Waals surface area (Å²) >= 11 is 0. The van der Waals surface area contributed by atoms with Gasteiger partial charge in [0.2, 0.25) is 0 Å². The minimum Gasteiger partial charge on any atom is -0.457 e. The summed E-state index contributed by atoms with van der Waals surface area (Å²) in [5.74, 6) is 6.83. The van der Waals surface area contributed by atoms with Gasteiger partial charge in [-0.05, 0) is 54.5 Å². The maximum absolute atomic E-state index is 12.3. The number of rotatable bonds is 6. The molecule has 2 aromatic carbocycles. The number of hydrogen-bond acceptors (Lipinski definition) is 7. The molecule has 3 aromatic rings. The Balaban J connectivity index is 1.52. The summed E-state index contributed by atoms with van der Waals surface area (Å²) in [7, 11) is 3.58. The Kier molecular flexibility index (Phi) is 7.10. The third kappa shape index (κ3) is 5.66. The van der Waals surface area contributed by atoms with E-state index in [4.69, 9.17) is 9.84 Å². The third-order valence-corrected chi connectivity index (χ3v) is 5.32. The van der Waals surface area contributed by atoms with Gasteiger partial charge in [-0.25, -0.2) is 9.97 Å². The SMILES string of the molecule is C=C1C=C(Oc2ccc(Nc3ncnc4ccc(N(C)C(=O)C#CCCO)cc34)cc2)C=CN1C. The molecule has 176 valence electrons. The quantitative estimate of drug-likeness (QED) is 0.531. The third-order valence-electron chi connectivity index (χ3n) is 5.32. The van der Waals surface area contributed by atoms with Gasteiger partial charge in [0.25, 0.3) is 0 Å². The molecule has 1 aromatic heterocycles. The van der Waals surface area contributed by atoms with Gasteiger partial charge in [-0.3, -0.25) is 4.79 Å². The molecular formula is C27H25N5O3. The van der Waals surface area contributed by atoms with E-state index >= 15 is 0 Å². The van der Waals surface area contributed by atoms with Gasteiger partial charge in [0, 0.05) is 55.3 Å². The number of carbonyl (C=O) groups excluding carboxylic acids is 1. The van der Waals surface area contributed by atoms with E-state index in [1.807, 2.05) is 66.7 Å². The minimum atomic E-state index is -0.363. The van der Waals surface area contributed by atoms with Crippen LogP contribution in [0.1, 0.15) is 6.42 Å². The molecule has 0 spiro atoms. The van der Waals surface area contributed by atoms with Crippen molar-refractivity contribution in [2.75, 3.05) is 30.9 Å². The van der Waals surface area contributed by atoms with Crippen molar-refractivity contribution >= 4 is 34.0 Å². The van der Waals surface area contributed by atoms with Crippen LogP contribution in [0.4, 0.5) is 17.2 Å². The molecule has 0 fully saturated rings. The molecule has 35 heavy (non-hydrogen) atoms. The van der Waals surface area contributed by atoms with Gasteiger partial charge in [0.15, 0.2) is 0 Å². The molecular weight excluding hydrogens is 442 g/mol. The second-order valence-electron chi connectivity index (χ2n) is 7.78. The van der Waals surface area contributed by atoms with Crippen molar-refractivity contribution in [2.24, 2.45) is 0 Å². The van der Waals surface area contributed by atoms with E-state index < -0.39 is 0 Å². The van der Waals surface area contributed by atoms with Crippen LogP contribution in [-0.2, 0) is 4.79 Å². The molecule has 0 aliphatic carbocycles. The molecule has 0 saturated heterocycles. The zero-order valence-corrected chi connectivity index (χ0v) is 19.5. The maximum Gasteiger partial charge on any atom is 0.302 e.